The largest absolute Gasteiger partial charge is 0.321 e. The van der Waals surface area contributed by atoms with Crippen LogP contribution in [0.2, 0.25) is 0 Å². The van der Waals surface area contributed by atoms with Crippen molar-refractivity contribution >= 4 is 0 Å². The zero-order valence-corrected chi connectivity index (χ0v) is 18.2. The van der Waals surface area contributed by atoms with Gasteiger partial charge in [-0.1, -0.05) is 20.3 Å². The number of quaternary nitrogens is 1. The lowest BCUT2D eigenvalue weighted by molar-refractivity contribution is -0.937. The highest BCUT2D eigenvalue weighted by atomic mass is 15.4. The average Bonchev–Trinajstić information content (AvgIpc) is 3.02. The van der Waals surface area contributed by atoms with Crippen LogP contribution in [-0.4, -0.2) is 54.2 Å². The van der Waals surface area contributed by atoms with Crippen LogP contribution in [-0.2, 0) is 0 Å². The van der Waals surface area contributed by atoms with Crippen LogP contribution in [0.25, 0.3) is 0 Å². The Morgan fingerprint density at radius 2 is 1.40 bits per heavy atom. The molecule has 0 aromatic heterocycles. The summed E-state index contributed by atoms with van der Waals surface area (Å²) in [6.45, 7) is 23.9. The predicted molar refractivity (Wildman–Crippen MR) is 109 cm³/mol. The molecule has 0 spiro atoms. The van der Waals surface area contributed by atoms with E-state index in [1.807, 2.05) is 0 Å². The molecule has 4 rings (SSSR count). The third-order valence-electron chi connectivity index (χ3n) is 9.06. The first kappa shape index (κ1) is 19.7. The van der Waals surface area contributed by atoms with E-state index in [0.29, 0.717) is 6.04 Å². The maximum absolute atomic E-state index is 2.75. The van der Waals surface area contributed by atoms with Gasteiger partial charge >= 0.3 is 0 Å². The molecule has 4 aliphatic rings. The lowest BCUT2D eigenvalue weighted by atomic mass is 9.50. The predicted octanol–water partition coefficient (Wildman–Crippen LogP) is 4.89. The third-order valence-corrected chi connectivity index (χ3v) is 9.06. The van der Waals surface area contributed by atoms with Crippen LogP contribution in [0.1, 0.15) is 67.7 Å². The highest BCUT2D eigenvalue weighted by Crippen LogP contribution is 2.59. The van der Waals surface area contributed by atoms with Crippen LogP contribution in [0.15, 0.2) is 0 Å². The van der Waals surface area contributed by atoms with Gasteiger partial charge in [0.25, 0.3) is 0 Å². The molecule has 7 atom stereocenters. The molecule has 2 heteroatoms. The molecule has 0 amide bonds. The summed E-state index contributed by atoms with van der Waals surface area (Å²) in [5.41, 5.74) is 0. The molecule has 2 nitrogen and oxygen atoms in total. The van der Waals surface area contributed by atoms with Crippen LogP contribution in [0, 0.1) is 35.5 Å². The summed E-state index contributed by atoms with van der Waals surface area (Å²) in [5, 5.41) is 0. The lowest BCUT2D eigenvalue weighted by Crippen LogP contribution is -2.54. The molecule has 0 aromatic carbocycles. The lowest BCUT2D eigenvalue weighted by Gasteiger charge is -2.55. The Morgan fingerprint density at radius 1 is 0.840 bits per heavy atom. The Kier molecular flexibility index (Phi) is 5.91. The summed E-state index contributed by atoms with van der Waals surface area (Å²) in [6.07, 6.45) is 4.49. The normalized spacial score (nSPS) is 43.4. The van der Waals surface area contributed by atoms with Crippen molar-refractivity contribution in [1.82, 2.24) is 4.90 Å². The fourth-order valence-electron chi connectivity index (χ4n) is 7.50. The Bertz CT molecular complexity index is 445. The molecule has 4 fully saturated rings. The van der Waals surface area contributed by atoms with Gasteiger partial charge in [-0.15, -0.1) is 0 Å². The third kappa shape index (κ3) is 3.20. The molecule has 0 aromatic rings. The van der Waals surface area contributed by atoms with E-state index in [4.69, 9.17) is 0 Å². The number of likely N-dealkylation sites (tertiary alicyclic amines) is 1. The van der Waals surface area contributed by atoms with E-state index in [9.17, 15) is 0 Å². The van der Waals surface area contributed by atoms with Gasteiger partial charge in [-0.3, -0.25) is 0 Å². The second-order valence-corrected chi connectivity index (χ2v) is 10.1. The smallest absolute Gasteiger partial charge is 0.0833 e. The summed E-state index contributed by atoms with van der Waals surface area (Å²) in [6, 6.07) is 1.50. The van der Waals surface area contributed by atoms with E-state index in [2.05, 4.69) is 53.4 Å². The zero-order chi connectivity index (χ0) is 18.4. The van der Waals surface area contributed by atoms with Crippen LogP contribution in [0.3, 0.4) is 0 Å². The van der Waals surface area contributed by atoms with Crippen molar-refractivity contribution in [2.75, 3.05) is 32.7 Å². The molecule has 25 heavy (non-hydrogen) atoms. The minimum Gasteiger partial charge on any atom is -0.321 e. The zero-order valence-electron chi connectivity index (χ0n) is 18.2. The molecule has 3 saturated carbocycles. The van der Waals surface area contributed by atoms with Crippen LogP contribution < -0.4 is 0 Å². The Morgan fingerprint density at radius 3 is 1.80 bits per heavy atom. The Labute approximate surface area is 157 Å². The molecule has 2 bridgehead atoms. The number of hydrogen-bond acceptors (Lipinski definition) is 1. The fourth-order valence-corrected chi connectivity index (χ4v) is 7.50. The molecule has 146 valence electrons. The van der Waals surface area contributed by atoms with E-state index < -0.39 is 0 Å². The molecule has 1 aliphatic heterocycles. The molecule has 7 unspecified atom stereocenters. The summed E-state index contributed by atoms with van der Waals surface area (Å²) in [5.74, 6) is 6.07. The second-order valence-electron chi connectivity index (χ2n) is 10.1. The van der Waals surface area contributed by atoms with Crippen LogP contribution >= 0.6 is 0 Å². The summed E-state index contributed by atoms with van der Waals surface area (Å²) < 4.78 is 1.41. The van der Waals surface area contributed by atoms with Gasteiger partial charge in [-0.05, 0) is 77.7 Å². The van der Waals surface area contributed by atoms with Crippen molar-refractivity contribution in [1.29, 1.82) is 0 Å². The summed E-state index contributed by atoms with van der Waals surface area (Å²) in [7, 11) is 0. The molecule has 0 N–H and O–H groups in total. The first-order chi connectivity index (χ1) is 11.9. The van der Waals surface area contributed by atoms with Gasteiger partial charge in [0.05, 0.1) is 25.7 Å². The van der Waals surface area contributed by atoms with Gasteiger partial charge < -0.3 is 9.38 Å². The van der Waals surface area contributed by atoms with E-state index in [1.165, 1.54) is 56.5 Å². The highest BCUT2D eigenvalue weighted by Gasteiger charge is 2.60. The van der Waals surface area contributed by atoms with Gasteiger partial charge in [0.2, 0.25) is 0 Å². The molecular weight excluding hydrogens is 304 g/mol. The maximum Gasteiger partial charge on any atom is 0.0833 e. The first-order valence-electron chi connectivity index (χ1n) is 11.5. The van der Waals surface area contributed by atoms with Gasteiger partial charge in [0, 0.05) is 24.4 Å². The SMILES string of the molecule is CCC1C2CCC(C1CN(CC)C(C)C)C1C[N+](CC)(C(C)C)CC21. The Hall–Kier alpha value is -0.0800. The minimum absolute atomic E-state index is 0.698. The van der Waals surface area contributed by atoms with Crippen molar-refractivity contribution in [2.45, 2.75) is 79.8 Å². The van der Waals surface area contributed by atoms with Gasteiger partial charge in [0.15, 0.2) is 0 Å². The number of fused-ring (bicyclic) bond motifs is 2. The van der Waals surface area contributed by atoms with E-state index >= 15 is 0 Å². The maximum atomic E-state index is 2.75. The first-order valence-corrected chi connectivity index (χ1v) is 11.5. The van der Waals surface area contributed by atoms with Gasteiger partial charge in [-0.2, -0.15) is 0 Å². The van der Waals surface area contributed by atoms with Crippen LogP contribution in [0.4, 0.5) is 0 Å². The average molecular weight is 350 g/mol. The molecule has 1 heterocycles. The second kappa shape index (κ2) is 7.50. The number of rotatable bonds is 7. The van der Waals surface area contributed by atoms with E-state index in [-0.39, 0.29) is 0 Å². The standard InChI is InChI=1S/C23H45N2/c1-8-18-19-11-12-20(21(18)13-24(9-2)16(4)5)23-15-25(10-3,17(6)7)14-22(19)23/h16-23H,8-15H2,1-7H3/q+1. The Balaban J connectivity index is 1.85. The highest BCUT2D eigenvalue weighted by molar-refractivity contribution is 5.03. The number of hydrogen-bond donors (Lipinski definition) is 0. The quantitative estimate of drug-likeness (QED) is 0.592. The molecule has 1 saturated heterocycles. The minimum atomic E-state index is 0.698. The van der Waals surface area contributed by atoms with Crippen molar-refractivity contribution in [2.24, 2.45) is 35.5 Å². The van der Waals surface area contributed by atoms with Gasteiger partial charge in [-0.25, -0.2) is 0 Å². The number of nitrogens with zero attached hydrogens (tertiary/aromatic N) is 2. The monoisotopic (exact) mass is 349 g/mol. The van der Waals surface area contributed by atoms with Crippen LogP contribution in [0.5, 0.6) is 0 Å². The fraction of sp³-hybridized carbons (Fsp3) is 1.00. The van der Waals surface area contributed by atoms with Crippen molar-refractivity contribution < 1.29 is 4.48 Å². The van der Waals surface area contributed by atoms with Crippen molar-refractivity contribution in [3.8, 4) is 0 Å². The molecular formula is C23H45N2+. The van der Waals surface area contributed by atoms with Gasteiger partial charge in [0.1, 0.15) is 0 Å². The molecule has 3 aliphatic carbocycles. The topological polar surface area (TPSA) is 3.24 Å². The summed E-state index contributed by atoms with van der Waals surface area (Å²) >= 11 is 0. The van der Waals surface area contributed by atoms with E-state index in [0.717, 1.165) is 41.5 Å². The summed E-state index contributed by atoms with van der Waals surface area (Å²) in [4.78, 5) is 2.75. The van der Waals surface area contributed by atoms with Crippen molar-refractivity contribution in [3.05, 3.63) is 0 Å². The molecule has 0 radical (unpaired) electrons. The van der Waals surface area contributed by atoms with Crippen molar-refractivity contribution in [3.63, 3.8) is 0 Å². The van der Waals surface area contributed by atoms with E-state index in [1.54, 1.807) is 0 Å².